The van der Waals surface area contributed by atoms with Crippen LogP contribution in [0.15, 0.2) is 64.9 Å². The van der Waals surface area contributed by atoms with E-state index in [-0.39, 0.29) is 16.2 Å². The minimum absolute atomic E-state index is 0.0398. The van der Waals surface area contributed by atoms with E-state index in [1.54, 1.807) is 30.3 Å². The average molecular weight is 275 g/mol. The lowest BCUT2D eigenvalue weighted by Gasteiger charge is -2.13. The van der Waals surface area contributed by atoms with Gasteiger partial charge in [0.15, 0.2) is 9.84 Å². The molecule has 0 bridgehead atoms. The zero-order valence-corrected chi connectivity index (χ0v) is 10.7. The van der Waals surface area contributed by atoms with Crippen molar-refractivity contribution >= 4 is 15.6 Å². The largest absolute Gasteiger partial charge is 0.871 e. The minimum Gasteiger partial charge on any atom is -0.871 e. The molecule has 0 unspecified atom stereocenters. The highest BCUT2D eigenvalue weighted by Crippen LogP contribution is 2.23. The van der Waals surface area contributed by atoms with E-state index in [0.717, 1.165) is 0 Å². The molecule has 0 amide bonds. The zero-order valence-electron chi connectivity index (χ0n) is 9.85. The monoisotopic (exact) mass is 275 g/mol. The van der Waals surface area contributed by atoms with Gasteiger partial charge in [-0.1, -0.05) is 42.2 Å². The van der Waals surface area contributed by atoms with Gasteiger partial charge in [-0.2, -0.15) is 0 Å². The van der Waals surface area contributed by atoms with E-state index in [1.165, 1.54) is 24.3 Å². The van der Waals surface area contributed by atoms with Gasteiger partial charge in [-0.25, -0.2) is 8.42 Å². The van der Waals surface area contributed by atoms with Crippen LogP contribution >= 0.6 is 0 Å². The first kappa shape index (κ1) is 13.2. The zero-order chi connectivity index (χ0) is 13.9. The smallest absolute Gasteiger partial charge is 0.199 e. The molecule has 0 aliphatic heterocycles. The van der Waals surface area contributed by atoms with Crippen LogP contribution < -0.4 is 5.11 Å². The van der Waals surface area contributed by atoms with Crippen LogP contribution in [0, 0.1) is 0 Å². The number of phenolic OH excluding ortho intramolecular Hbond substituents is 1. The highest BCUT2D eigenvalue weighted by molar-refractivity contribution is 7.94. The van der Waals surface area contributed by atoms with Crippen LogP contribution in [0.5, 0.6) is 5.75 Å². The molecule has 0 aliphatic carbocycles. The predicted molar refractivity (Wildman–Crippen MR) is 69.7 cm³/mol. The summed E-state index contributed by atoms with van der Waals surface area (Å²) in [7, 11) is -3.81. The fourth-order valence-electron chi connectivity index (χ4n) is 1.56. The van der Waals surface area contributed by atoms with Crippen molar-refractivity contribution < 1.29 is 18.6 Å². The number of sulfone groups is 1. The Morgan fingerprint density at radius 1 is 1.00 bits per heavy atom. The Bertz CT molecular complexity index is 703. The SMILES string of the molecule is O=S(=O)(/C=C(\[O-])c1ccccc1O)c1ccccc1. The van der Waals surface area contributed by atoms with Gasteiger partial charge in [0.05, 0.1) is 4.90 Å². The summed E-state index contributed by atoms with van der Waals surface area (Å²) in [5, 5.41) is 22.0. The van der Waals surface area contributed by atoms with Gasteiger partial charge in [0, 0.05) is 11.0 Å². The Morgan fingerprint density at radius 3 is 2.21 bits per heavy atom. The van der Waals surface area contributed by atoms with E-state index >= 15 is 0 Å². The summed E-state index contributed by atoms with van der Waals surface area (Å²) in [6.45, 7) is 0. The summed E-state index contributed by atoms with van der Waals surface area (Å²) in [4.78, 5) is 0.0405. The molecule has 0 atom stereocenters. The molecular formula is C14H11O4S-. The molecule has 0 saturated carbocycles. The lowest BCUT2D eigenvalue weighted by atomic mass is 10.2. The van der Waals surface area contributed by atoms with Gasteiger partial charge in [-0.3, -0.25) is 0 Å². The Hall–Kier alpha value is -2.27. The molecule has 2 aromatic rings. The Balaban J connectivity index is 2.45. The van der Waals surface area contributed by atoms with Crippen molar-refractivity contribution in [3.05, 3.63) is 65.6 Å². The van der Waals surface area contributed by atoms with Crippen molar-refractivity contribution in [3.8, 4) is 5.75 Å². The number of hydrogen-bond acceptors (Lipinski definition) is 4. The quantitative estimate of drug-likeness (QED) is 0.862. The highest BCUT2D eigenvalue weighted by atomic mass is 32.2. The van der Waals surface area contributed by atoms with Gasteiger partial charge in [0.1, 0.15) is 5.75 Å². The van der Waals surface area contributed by atoms with Gasteiger partial charge in [-0.15, -0.1) is 0 Å². The van der Waals surface area contributed by atoms with Gasteiger partial charge in [0.25, 0.3) is 0 Å². The Kier molecular flexibility index (Phi) is 3.57. The van der Waals surface area contributed by atoms with Gasteiger partial charge >= 0.3 is 0 Å². The molecular weight excluding hydrogens is 264 g/mol. The number of hydrogen-bond donors (Lipinski definition) is 1. The third-order valence-corrected chi connectivity index (χ3v) is 3.96. The van der Waals surface area contributed by atoms with Gasteiger partial charge < -0.3 is 10.2 Å². The summed E-state index contributed by atoms with van der Waals surface area (Å²) >= 11 is 0. The van der Waals surface area contributed by atoms with E-state index < -0.39 is 15.6 Å². The molecule has 0 aliphatic rings. The molecule has 1 N–H and O–H groups in total. The molecule has 0 radical (unpaired) electrons. The first-order valence-electron chi connectivity index (χ1n) is 5.48. The highest BCUT2D eigenvalue weighted by Gasteiger charge is 2.10. The van der Waals surface area contributed by atoms with Crippen molar-refractivity contribution in [3.63, 3.8) is 0 Å². The fraction of sp³-hybridized carbons (Fsp3) is 0. The minimum atomic E-state index is -3.81. The molecule has 0 saturated heterocycles. The van der Waals surface area contributed by atoms with Crippen LogP contribution in [0.1, 0.15) is 5.56 Å². The summed E-state index contributed by atoms with van der Waals surface area (Å²) in [6, 6.07) is 13.5. The van der Waals surface area contributed by atoms with Crippen LogP contribution in [0.3, 0.4) is 0 Å². The Morgan fingerprint density at radius 2 is 1.58 bits per heavy atom. The summed E-state index contributed by atoms with van der Waals surface area (Å²) in [5.41, 5.74) is -0.0398. The standard InChI is InChI=1S/C14H12O4S/c15-13-9-5-4-8-12(13)14(16)10-19(17,18)11-6-2-1-3-7-11/h1-10,15-16H/p-1/b14-10-. The summed E-state index contributed by atoms with van der Waals surface area (Å²) in [6.07, 6.45) is 0. The Labute approximate surface area is 111 Å². The first-order valence-corrected chi connectivity index (χ1v) is 7.02. The fourth-order valence-corrected chi connectivity index (χ4v) is 2.65. The molecule has 19 heavy (non-hydrogen) atoms. The van der Waals surface area contributed by atoms with Crippen LogP contribution in [0.25, 0.3) is 5.76 Å². The van der Waals surface area contributed by atoms with Crippen molar-refractivity contribution in [2.75, 3.05) is 0 Å². The third-order valence-electron chi connectivity index (χ3n) is 2.50. The molecule has 0 heterocycles. The van der Waals surface area contributed by atoms with E-state index in [4.69, 9.17) is 0 Å². The molecule has 2 aromatic carbocycles. The lowest BCUT2D eigenvalue weighted by molar-refractivity contribution is -0.243. The lowest BCUT2D eigenvalue weighted by Crippen LogP contribution is -2.07. The molecule has 0 aromatic heterocycles. The van der Waals surface area contributed by atoms with Gasteiger partial charge in [-0.05, 0) is 18.2 Å². The number of phenols is 1. The second-order valence-electron chi connectivity index (χ2n) is 3.86. The maximum Gasteiger partial charge on any atom is 0.199 e. The molecule has 0 spiro atoms. The van der Waals surface area contributed by atoms with Crippen LogP contribution in [-0.4, -0.2) is 13.5 Å². The van der Waals surface area contributed by atoms with Crippen molar-refractivity contribution in [1.82, 2.24) is 0 Å². The molecule has 0 fully saturated rings. The number of rotatable bonds is 3. The maximum atomic E-state index is 12.0. The van der Waals surface area contributed by atoms with E-state index in [0.29, 0.717) is 5.41 Å². The number of aromatic hydroxyl groups is 1. The van der Waals surface area contributed by atoms with Gasteiger partial charge in [0.2, 0.25) is 0 Å². The summed E-state index contributed by atoms with van der Waals surface area (Å²) < 4.78 is 23.9. The van der Waals surface area contributed by atoms with E-state index in [1.807, 2.05) is 0 Å². The first-order chi connectivity index (χ1) is 9.00. The number of para-hydroxylation sites is 1. The maximum absolute atomic E-state index is 12.0. The molecule has 98 valence electrons. The molecule has 2 rings (SSSR count). The molecule has 4 nitrogen and oxygen atoms in total. The third kappa shape index (κ3) is 2.95. The average Bonchev–Trinajstić information content (AvgIpc) is 2.39. The van der Waals surface area contributed by atoms with Crippen molar-refractivity contribution in [1.29, 1.82) is 0 Å². The number of benzene rings is 2. The normalized spacial score (nSPS) is 12.3. The predicted octanol–water partition coefficient (Wildman–Crippen LogP) is 1.52. The van der Waals surface area contributed by atoms with E-state index in [9.17, 15) is 18.6 Å². The van der Waals surface area contributed by atoms with Crippen molar-refractivity contribution in [2.24, 2.45) is 0 Å². The van der Waals surface area contributed by atoms with E-state index in [2.05, 4.69) is 0 Å². The molecule has 5 heteroatoms. The second-order valence-corrected chi connectivity index (χ2v) is 5.65. The van der Waals surface area contributed by atoms with Crippen molar-refractivity contribution in [2.45, 2.75) is 4.90 Å². The van der Waals surface area contributed by atoms with Crippen LogP contribution in [0.4, 0.5) is 0 Å². The van der Waals surface area contributed by atoms with Crippen LogP contribution in [-0.2, 0) is 9.84 Å². The second kappa shape index (κ2) is 5.16. The van der Waals surface area contributed by atoms with Crippen LogP contribution in [0.2, 0.25) is 0 Å². The topological polar surface area (TPSA) is 77.4 Å². The summed E-state index contributed by atoms with van der Waals surface area (Å²) in [5.74, 6) is -0.992.